The van der Waals surface area contributed by atoms with Gasteiger partial charge in [-0.3, -0.25) is 14.2 Å². The van der Waals surface area contributed by atoms with E-state index in [0.29, 0.717) is 17.9 Å². The lowest BCUT2D eigenvalue weighted by atomic mass is 9.86. The van der Waals surface area contributed by atoms with Crippen LogP contribution in [-0.2, 0) is 21.2 Å². The Morgan fingerprint density at radius 1 is 1.10 bits per heavy atom. The molecule has 2 saturated carbocycles. The molecule has 1 N–H and O–H groups in total. The first kappa shape index (κ1) is 28.4. The first-order valence-electron chi connectivity index (χ1n) is 14.3. The highest BCUT2D eigenvalue weighted by atomic mass is 32.2. The molecule has 10 heteroatoms. The van der Waals surface area contributed by atoms with Gasteiger partial charge in [-0.25, -0.2) is 23.1 Å². The maximum Gasteiger partial charge on any atom is 0.239 e. The molecule has 0 radical (unpaired) electrons. The number of rotatable bonds is 9. The molecular formula is C30H39N5O4S. The monoisotopic (exact) mass is 565 g/mol. The SMILES string of the molecule is CNS(=O)(=O)CC1CCC(N(C)c2ncnc3c2ccn3C(=O)C(C)c2ccc(CC3CCCC3=O)cc2)CC1. The van der Waals surface area contributed by atoms with Crippen LogP contribution >= 0.6 is 0 Å². The van der Waals surface area contributed by atoms with E-state index in [0.717, 1.165) is 67.3 Å². The fourth-order valence-corrected chi connectivity index (χ4v) is 7.46. The lowest BCUT2D eigenvalue weighted by molar-refractivity contribution is -0.120. The minimum atomic E-state index is -3.21. The van der Waals surface area contributed by atoms with Crippen LogP contribution in [0.5, 0.6) is 0 Å². The molecule has 9 nitrogen and oxygen atoms in total. The van der Waals surface area contributed by atoms with E-state index < -0.39 is 10.0 Å². The van der Waals surface area contributed by atoms with Crippen LogP contribution < -0.4 is 9.62 Å². The highest BCUT2D eigenvalue weighted by molar-refractivity contribution is 7.89. The van der Waals surface area contributed by atoms with Crippen molar-refractivity contribution in [2.75, 3.05) is 24.7 Å². The summed E-state index contributed by atoms with van der Waals surface area (Å²) in [6, 6.07) is 10.2. The molecule has 0 amide bonds. The minimum Gasteiger partial charge on any atom is -0.356 e. The lowest BCUT2D eigenvalue weighted by Gasteiger charge is -2.35. The number of ketones is 1. The Morgan fingerprint density at radius 2 is 1.82 bits per heavy atom. The third kappa shape index (κ3) is 5.98. The van der Waals surface area contributed by atoms with Crippen molar-refractivity contribution in [3.8, 4) is 0 Å². The topological polar surface area (TPSA) is 114 Å². The largest absolute Gasteiger partial charge is 0.356 e. The number of fused-ring (bicyclic) bond motifs is 1. The van der Waals surface area contributed by atoms with Crippen LogP contribution in [0.15, 0.2) is 42.9 Å². The van der Waals surface area contributed by atoms with Gasteiger partial charge in [-0.05, 0) is 82.0 Å². The van der Waals surface area contributed by atoms with Crippen molar-refractivity contribution in [1.29, 1.82) is 0 Å². The molecule has 3 aromatic rings. The smallest absolute Gasteiger partial charge is 0.239 e. The van der Waals surface area contributed by atoms with Gasteiger partial charge in [-0.15, -0.1) is 0 Å². The average Bonchev–Trinajstić information content (AvgIpc) is 3.58. The van der Waals surface area contributed by atoms with Crippen molar-refractivity contribution in [3.05, 3.63) is 54.0 Å². The standard InChI is InChI=1S/C30H39N5O4S/c1-20(23-11-7-21(8-12-23)17-24-5-4-6-27(24)36)30(37)35-16-15-26-28(32-19-33-29(26)35)34(3)25-13-9-22(10-14-25)18-40(38,39)31-2/h7-8,11-12,15-16,19-20,22,24-25,31H,4-6,9-10,13-14,17-18H2,1-3H3. The van der Waals surface area contributed by atoms with Crippen LogP contribution in [0.2, 0.25) is 0 Å². The number of benzene rings is 1. The van der Waals surface area contributed by atoms with Gasteiger partial charge in [-0.2, -0.15) is 0 Å². The summed E-state index contributed by atoms with van der Waals surface area (Å²) in [6.07, 6.45) is 10.2. The number of carbonyl (C=O) groups excluding carboxylic acids is 2. The van der Waals surface area contributed by atoms with Crippen molar-refractivity contribution in [3.63, 3.8) is 0 Å². The van der Waals surface area contributed by atoms with E-state index in [4.69, 9.17) is 0 Å². The molecule has 2 heterocycles. The minimum absolute atomic E-state index is 0.0627. The predicted octanol–water partition coefficient (Wildman–Crippen LogP) is 4.33. The van der Waals surface area contributed by atoms with E-state index in [1.807, 2.05) is 44.3 Å². The number of carbonyl (C=O) groups is 2. The second-order valence-electron chi connectivity index (χ2n) is 11.5. The second kappa shape index (κ2) is 11.8. The molecule has 2 unspecified atom stereocenters. The number of hydrogen-bond acceptors (Lipinski definition) is 7. The third-order valence-corrected chi connectivity index (χ3v) is 10.5. The van der Waals surface area contributed by atoms with Crippen LogP contribution in [0.4, 0.5) is 5.82 Å². The highest BCUT2D eigenvalue weighted by Crippen LogP contribution is 2.33. The molecule has 0 bridgehead atoms. The van der Waals surface area contributed by atoms with E-state index in [2.05, 4.69) is 19.6 Å². The molecule has 5 rings (SSSR count). The quantitative estimate of drug-likeness (QED) is 0.411. The summed E-state index contributed by atoms with van der Waals surface area (Å²) < 4.78 is 27.9. The van der Waals surface area contributed by atoms with Gasteiger partial charge in [0.1, 0.15) is 17.9 Å². The van der Waals surface area contributed by atoms with Gasteiger partial charge in [0.15, 0.2) is 5.65 Å². The summed E-state index contributed by atoms with van der Waals surface area (Å²) in [7, 11) is 0.265. The Hall–Kier alpha value is -3.11. The summed E-state index contributed by atoms with van der Waals surface area (Å²) in [6.45, 7) is 1.91. The van der Waals surface area contributed by atoms with Crippen LogP contribution in [0, 0.1) is 11.8 Å². The van der Waals surface area contributed by atoms with Crippen molar-refractivity contribution in [2.24, 2.45) is 11.8 Å². The van der Waals surface area contributed by atoms with Crippen molar-refractivity contribution in [1.82, 2.24) is 19.3 Å². The summed E-state index contributed by atoms with van der Waals surface area (Å²) in [4.78, 5) is 36.8. The fourth-order valence-electron chi connectivity index (χ4n) is 6.34. The number of hydrogen-bond donors (Lipinski definition) is 1. The van der Waals surface area contributed by atoms with Crippen LogP contribution in [0.25, 0.3) is 11.0 Å². The number of nitrogens with zero attached hydrogens (tertiary/aromatic N) is 4. The zero-order chi connectivity index (χ0) is 28.4. The molecule has 1 aromatic carbocycles. The molecule has 2 aliphatic rings. The first-order chi connectivity index (χ1) is 19.2. The van der Waals surface area contributed by atoms with Crippen molar-refractivity contribution in [2.45, 2.75) is 70.3 Å². The molecule has 2 fully saturated rings. The van der Waals surface area contributed by atoms with Gasteiger partial charge in [-0.1, -0.05) is 24.3 Å². The maximum absolute atomic E-state index is 13.6. The molecule has 0 saturated heterocycles. The Balaban J connectivity index is 1.27. The molecule has 2 aliphatic carbocycles. The van der Waals surface area contributed by atoms with E-state index in [1.165, 1.54) is 13.4 Å². The third-order valence-electron chi connectivity index (χ3n) is 8.93. The van der Waals surface area contributed by atoms with E-state index in [-0.39, 0.29) is 35.5 Å². The summed E-state index contributed by atoms with van der Waals surface area (Å²) in [5.74, 6) is 1.18. The lowest BCUT2D eigenvalue weighted by Crippen LogP contribution is -2.38. The summed E-state index contributed by atoms with van der Waals surface area (Å²) >= 11 is 0. The first-order valence-corrected chi connectivity index (χ1v) is 15.9. The molecule has 0 aliphatic heterocycles. The van der Waals surface area contributed by atoms with Crippen LogP contribution in [-0.4, -0.2) is 60.5 Å². The molecule has 2 atom stereocenters. The molecule has 214 valence electrons. The maximum atomic E-state index is 13.6. The van der Waals surface area contributed by atoms with Gasteiger partial charge in [0.2, 0.25) is 15.9 Å². The zero-order valence-electron chi connectivity index (χ0n) is 23.5. The second-order valence-corrected chi connectivity index (χ2v) is 13.4. The number of nitrogens with one attached hydrogen (secondary N) is 1. The number of aromatic nitrogens is 3. The highest BCUT2D eigenvalue weighted by Gasteiger charge is 2.29. The summed E-state index contributed by atoms with van der Waals surface area (Å²) in [5, 5.41) is 0.821. The molecule has 2 aromatic heterocycles. The molecule has 40 heavy (non-hydrogen) atoms. The average molecular weight is 566 g/mol. The zero-order valence-corrected chi connectivity index (χ0v) is 24.4. The van der Waals surface area contributed by atoms with Gasteiger partial charge in [0.25, 0.3) is 0 Å². The Kier molecular flexibility index (Phi) is 8.37. The van der Waals surface area contributed by atoms with E-state index in [1.54, 1.807) is 10.8 Å². The van der Waals surface area contributed by atoms with Crippen molar-refractivity contribution < 1.29 is 18.0 Å². The van der Waals surface area contributed by atoms with Gasteiger partial charge in [0.05, 0.1) is 17.1 Å². The Labute approximate surface area is 236 Å². The fraction of sp³-hybridized carbons (Fsp3) is 0.533. The van der Waals surface area contributed by atoms with E-state index >= 15 is 0 Å². The predicted molar refractivity (Wildman–Crippen MR) is 156 cm³/mol. The summed E-state index contributed by atoms with van der Waals surface area (Å²) in [5.41, 5.74) is 2.64. The van der Waals surface area contributed by atoms with Gasteiger partial charge >= 0.3 is 0 Å². The van der Waals surface area contributed by atoms with Crippen LogP contribution in [0.3, 0.4) is 0 Å². The number of Topliss-reactive ketones (excluding diaryl/α,β-unsaturated/α-hetero) is 1. The van der Waals surface area contributed by atoms with Gasteiger partial charge < -0.3 is 4.90 Å². The Bertz CT molecular complexity index is 1480. The van der Waals surface area contributed by atoms with Crippen LogP contribution in [0.1, 0.15) is 73.7 Å². The molecule has 0 spiro atoms. The molecular weight excluding hydrogens is 526 g/mol. The van der Waals surface area contributed by atoms with E-state index in [9.17, 15) is 18.0 Å². The van der Waals surface area contributed by atoms with Gasteiger partial charge in [0, 0.05) is 31.6 Å². The normalized spacial score (nSPS) is 22.5. The van der Waals surface area contributed by atoms with Crippen molar-refractivity contribution >= 4 is 38.6 Å². The number of anilines is 1. The Morgan fingerprint density at radius 3 is 2.48 bits per heavy atom. The number of sulfonamides is 1.